The van der Waals surface area contributed by atoms with Crippen molar-refractivity contribution in [3.63, 3.8) is 0 Å². The van der Waals surface area contributed by atoms with Crippen LogP contribution in [0.25, 0.3) is 0 Å². The Hall–Kier alpha value is -2.91. The number of carboxylic acid groups (broad SMARTS) is 1. The van der Waals surface area contributed by atoms with Crippen LogP contribution in [0.4, 0.5) is 0 Å². The van der Waals surface area contributed by atoms with Crippen molar-refractivity contribution in [3.8, 4) is 17.7 Å². The number of hydrogen-bond acceptors (Lipinski definition) is 5. The summed E-state index contributed by atoms with van der Waals surface area (Å²) < 4.78 is 10.7. The largest absolute Gasteiger partial charge is 0.478 e. The molecule has 1 heterocycles. The molecule has 0 saturated heterocycles. The summed E-state index contributed by atoms with van der Waals surface area (Å²) in [6.07, 6.45) is 0. The number of nitriles is 1. The standard InChI is InChI=1S/C16H14N2O4/c1-10-7-12(9-21-2)14(8-17)15(18-10)22-13-5-3-11(4-6-13)16(19)20/h3-7H,9H2,1-2H3,(H,19,20). The summed E-state index contributed by atoms with van der Waals surface area (Å²) in [6.45, 7) is 2.07. The van der Waals surface area contributed by atoms with Crippen LogP contribution in [-0.2, 0) is 11.3 Å². The van der Waals surface area contributed by atoms with Gasteiger partial charge in [0.2, 0.25) is 5.88 Å². The molecule has 6 heteroatoms. The third-order valence-electron chi connectivity index (χ3n) is 2.92. The maximum atomic E-state index is 10.8. The lowest BCUT2D eigenvalue weighted by molar-refractivity contribution is 0.0697. The van der Waals surface area contributed by atoms with Crippen LogP contribution in [0.15, 0.2) is 30.3 Å². The van der Waals surface area contributed by atoms with Gasteiger partial charge in [0, 0.05) is 18.4 Å². The number of carboxylic acids is 1. The zero-order valence-electron chi connectivity index (χ0n) is 12.2. The second kappa shape index (κ2) is 6.70. The molecular formula is C16H14N2O4. The van der Waals surface area contributed by atoms with Crippen molar-refractivity contribution in [1.29, 1.82) is 5.26 Å². The van der Waals surface area contributed by atoms with Crippen molar-refractivity contribution >= 4 is 5.97 Å². The number of aromatic nitrogens is 1. The van der Waals surface area contributed by atoms with Gasteiger partial charge in [0.25, 0.3) is 0 Å². The normalized spacial score (nSPS) is 10.0. The Kier molecular flexibility index (Phi) is 4.71. The molecule has 22 heavy (non-hydrogen) atoms. The topological polar surface area (TPSA) is 92.4 Å². The zero-order chi connectivity index (χ0) is 16.1. The first-order valence-electron chi connectivity index (χ1n) is 6.46. The van der Waals surface area contributed by atoms with E-state index in [-0.39, 0.29) is 18.1 Å². The van der Waals surface area contributed by atoms with Crippen molar-refractivity contribution in [2.45, 2.75) is 13.5 Å². The van der Waals surface area contributed by atoms with Gasteiger partial charge in [-0.15, -0.1) is 0 Å². The number of rotatable bonds is 5. The molecule has 6 nitrogen and oxygen atoms in total. The number of hydrogen-bond donors (Lipinski definition) is 1. The molecule has 0 aliphatic heterocycles. The molecule has 0 aliphatic rings. The van der Waals surface area contributed by atoms with Crippen LogP contribution in [0.5, 0.6) is 11.6 Å². The molecule has 112 valence electrons. The molecule has 1 aromatic carbocycles. The van der Waals surface area contributed by atoms with Gasteiger partial charge in [-0.05, 0) is 37.3 Å². The highest BCUT2D eigenvalue weighted by atomic mass is 16.5. The monoisotopic (exact) mass is 298 g/mol. The van der Waals surface area contributed by atoms with Crippen LogP contribution in [0.2, 0.25) is 0 Å². The first-order valence-corrected chi connectivity index (χ1v) is 6.46. The van der Waals surface area contributed by atoms with E-state index in [4.69, 9.17) is 14.6 Å². The smallest absolute Gasteiger partial charge is 0.335 e. The van der Waals surface area contributed by atoms with Crippen molar-refractivity contribution in [2.24, 2.45) is 0 Å². The molecule has 0 fully saturated rings. The third kappa shape index (κ3) is 3.40. The third-order valence-corrected chi connectivity index (χ3v) is 2.92. The van der Waals surface area contributed by atoms with Crippen LogP contribution in [0.1, 0.15) is 27.2 Å². The Morgan fingerprint density at radius 3 is 2.59 bits per heavy atom. The lowest BCUT2D eigenvalue weighted by atomic mass is 10.1. The number of pyridine rings is 1. The molecule has 0 atom stereocenters. The highest BCUT2D eigenvalue weighted by molar-refractivity contribution is 5.87. The average Bonchev–Trinajstić information content (AvgIpc) is 2.48. The second-order valence-corrected chi connectivity index (χ2v) is 4.58. The summed E-state index contributed by atoms with van der Waals surface area (Å²) in [7, 11) is 1.54. The van der Waals surface area contributed by atoms with Gasteiger partial charge >= 0.3 is 5.97 Å². The Labute approximate surface area is 127 Å². The molecule has 0 spiro atoms. The van der Waals surface area contributed by atoms with Crippen LogP contribution >= 0.6 is 0 Å². The van der Waals surface area contributed by atoms with Crippen LogP contribution in [0, 0.1) is 18.3 Å². The highest BCUT2D eigenvalue weighted by Gasteiger charge is 2.14. The minimum atomic E-state index is -1.01. The second-order valence-electron chi connectivity index (χ2n) is 4.58. The molecule has 2 rings (SSSR count). The van der Waals surface area contributed by atoms with E-state index in [2.05, 4.69) is 11.1 Å². The van der Waals surface area contributed by atoms with Crippen LogP contribution < -0.4 is 4.74 Å². The molecule has 0 unspecified atom stereocenters. The zero-order valence-corrected chi connectivity index (χ0v) is 12.2. The molecule has 2 aromatic rings. The van der Waals surface area contributed by atoms with Crippen LogP contribution in [-0.4, -0.2) is 23.2 Å². The summed E-state index contributed by atoms with van der Waals surface area (Å²) in [6, 6.07) is 9.72. The van der Waals surface area contributed by atoms with Gasteiger partial charge in [0.05, 0.1) is 12.2 Å². The number of carbonyl (C=O) groups is 1. The van der Waals surface area contributed by atoms with Crippen molar-refractivity contribution in [2.75, 3.05) is 7.11 Å². The van der Waals surface area contributed by atoms with Crippen molar-refractivity contribution in [1.82, 2.24) is 4.98 Å². The minimum Gasteiger partial charge on any atom is -0.478 e. The number of ether oxygens (including phenoxy) is 2. The summed E-state index contributed by atoms with van der Waals surface area (Å²) >= 11 is 0. The predicted molar refractivity (Wildman–Crippen MR) is 77.9 cm³/mol. The summed E-state index contributed by atoms with van der Waals surface area (Å²) in [5, 5.41) is 18.2. The fourth-order valence-electron chi connectivity index (χ4n) is 1.95. The molecule has 0 aliphatic carbocycles. The molecular weight excluding hydrogens is 284 g/mol. The fourth-order valence-corrected chi connectivity index (χ4v) is 1.95. The van der Waals surface area contributed by atoms with Gasteiger partial charge in [-0.1, -0.05) is 0 Å². The van der Waals surface area contributed by atoms with Gasteiger partial charge < -0.3 is 14.6 Å². The SMILES string of the molecule is COCc1cc(C)nc(Oc2ccc(C(=O)O)cc2)c1C#N. The lowest BCUT2D eigenvalue weighted by Crippen LogP contribution is -2.01. The summed E-state index contributed by atoms with van der Waals surface area (Å²) in [5.74, 6) is -0.430. The predicted octanol–water partition coefficient (Wildman–Crippen LogP) is 2.90. The van der Waals surface area contributed by atoms with E-state index >= 15 is 0 Å². The van der Waals surface area contributed by atoms with E-state index < -0.39 is 5.97 Å². The summed E-state index contributed by atoms with van der Waals surface area (Å²) in [5.41, 5.74) is 1.85. The summed E-state index contributed by atoms with van der Waals surface area (Å²) in [4.78, 5) is 15.0. The Morgan fingerprint density at radius 1 is 1.36 bits per heavy atom. The number of aromatic carboxylic acids is 1. The maximum absolute atomic E-state index is 10.8. The van der Waals surface area contributed by atoms with E-state index in [0.29, 0.717) is 22.6 Å². The van der Waals surface area contributed by atoms with Crippen LogP contribution in [0.3, 0.4) is 0 Å². The van der Waals surface area contributed by atoms with Crippen molar-refractivity contribution in [3.05, 3.63) is 52.7 Å². The highest BCUT2D eigenvalue weighted by Crippen LogP contribution is 2.26. The van der Waals surface area contributed by atoms with Gasteiger partial charge in [-0.2, -0.15) is 5.26 Å². The number of benzene rings is 1. The number of aryl methyl sites for hydroxylation is 1. The molecule has 1 aromatic heterocycles. The van der Waals surface area contributed by atoms with E-state index in [9.17, 15) is 10.1 Å². The van der Waals surface area contributed by atoms with Gasteiger partial charge in [0.15, 0.2) is 0 Å². The fraction of sp³-hybridized carbons (Fsp3) is 0.188. The molecule has 0 bridgehead atoms. The molecule has 0 saturated carbocycles. The van der Waals surface area contributed by atoms with E-state index in [1.165, 1.54) is 24.3 Å². The van der Waals surface area contributed by atoms with Gasteiger partial charge in [-0.25, -0.2) is 9.78 Å². The van der Waals surface area contributed by atoms with Gasteiger partial charge in [0.1, 0.15) is 17.4 Å². The molecule has 0 radical (unpaired) electrons. The van der Waals surface area contributed by atoms with E-state index in [1.54, 1.807) is 20.1 Å². The Balaban J connectivity index is 2.36. The first-order chi connectivity index (χ1) is 10.5. The van der Waals surface area contributed by atoms with Gasteiger partial charge in [-0.3, -0.25) is 0 Å². The van der Waals surface area contributed by atoms with E-state index in [0.717, 1.165) is 0 Å². The Bertz CT molecular complexity index is 733. The number of methoxy groups -OCH3 is 1. The molecule has 1 N–H and O–H groups in total. The minimum absolute atomic E-state index is 0.158. The van der Waals surface area contributed by atoms with Crippen molar-refractivity contribution < 1.29 is 19.4 Å². The number of nitrogens with zero attached hydrogens (tertiary/aromatic N) is 2. The molecule has 0 amide bonds. The van der Waals surface area contributed by atoms with E-state index in [1.807, 2.05) is 0 Å². The quantitative estimate of drug-likeness (QED) is 0.912. The Morgan fingerprint density at radius 2 is 2.05 bits per heavy atom. The lowest BCUT2D eigenvalue weighted by Gasteiger charge is -2.11. The average molecular weight is 298 g/mol. The maximum Gasteiger partial charge on any atom is 0.335 e. The first kappa shape index (κ1) is 15.5.